The smallest absolute Gasteiger partial charge is 0.344 e. The maximum atomic E-state index is 11.6. The van der Waals surface area contributed by atoms with Crippen LogP contribution in [0.3, 0.4) is 0 Å². The SMILES string of the molecule is C=C(C)C(=O)OC[Si](C)(C)O[Si](C)(O[Si](C)(C)C)C(O)CC. The van der Waals surface area contributed by atoms with Crippen molar-refractivity contribution in [2.24, 2.45) is 0 Å². The molecule has 0 rings (SSSR count). The van der Waals surface area contributed by atoms with Crippen molar-refractivity contribution in [1.29, 1.82) is 0 Å². The van der Waals surface area contributed by atoms with Gasteiger partial charge in [0.2, 0.25) is 8.32 Å². The summed E-state index contributed by atoms with van der Waals surface area (Å²) in [5.41, 5.74) is -0.223. The van der Waals surface area contributed by atoms with Gasteiger partial charge in [0.05, 0.1) is 5.73 Å². The highest BCUT2D eigenvalue weighted by atomic mass is 28.5. The minimum Gasteiger partial charge on any atom is -0.463 e. The Labute approximate surface area is 138 Å². The van der Waals surface area contributed by atoms with Gasteiger partial charge in [-0.2, -0.15) is 0 Å². The van der Waals surface area contributed by atoms with Crippen molar-refractivity contribution < 1.29 is 22.9 Å². The Balaban J connectivity index is 5.04. The van der Waals surface area contributed by atoms with Crippen LogP contribution in [-0.2, 0) is 17.8 Å². The molecule has 0 aliphatic rings. The first-order valence-corrected chi connectivity index (χ1v) is 16.6. The van der Waals surface area contributed by atoms with Crippen molar-refractivity contribution in [3.8, 4) is 0 Å². The Bertz CT molecular complexity index is 406. The molecule has 0 aromatic rings. The number of esters is 1. The molecule has 1 N–H and O–H groups in total. The van der Waals surface area contributed by atoms with Gasteiger partial charge in [0.15, 0.2) is 8.32 Å². The largest absolute Gasteiger partial charge is 0.463 e. The van der Waals surface area contributed by atoms with Crippen molar-refractivity contribution in [1.82, 2.24) is 0 Å². The first-order chi connectivity index (χ1) is 9.72. The average Bonchev–Trinajstić information content (AvgIpc) is 2.31. The molecule has 0 radical (unpaired) electrons. The van der Waals surface area contributed by atoms with Crippen LogP contribution in [0.25, 0.3) is 0 Å². The molecule has 0 aromatic heterocycles. The van der Waals surface area contributed by atoms with Gasteiger partial charge in [0.1, 0.15) is 6.23 Å². The summed E-state index contributed by atoms with van der Waals surface area (Å²) < 4.78 is 17.8. The number of hydrogen-bond acceptors (Lipinski definition) is 5. The van der Waals surface area contributed by atoms with E-state index < -0.39 is 36.9 Å². The van der Waals surface area contributed by atoms with Crippen LogP contribution in [-0.4, -0.2) is 48.2 Å². The molecule has 0 aromatic carbocycles. The van der Waals surface area contributed by atoms with E-state index >= 15 is 0 Å². The van der Waals surface area contributed by atoms with Crippen molar-refractivity contribution in [3.05, 3.63) is 12.2 Å². The van der Waals surface area contributed by atoms with Crippen molar-refractivity contribution in [2.45, 2.75) is 65.3 Å². The lowest BCUT2D eigenvalue weighted by Crippen LogP contribution is -2.61. The van der Waals surface area contributed by atoms with Crippen LogP contribution in [0.2, 0.25) is 39.3 Å². The average molecular weight is 365 g/mol. The van der Waals surface area contributed by atoms with Crippen LogP contribution in [0.4, 0.5) is 0 Å². The quantitative estimate of drug-likeness (QED) is 0.387. The molecule has 8 heteroatoms. The standard InChI is InChI=1S/C14H32O5Si3/c1-10-13(15)22(9,18-20(4,5)6)19-21(7,8)11-17-14(16)12(2)3/h13,15H,2,10-11H2,1,3-9H3. The van der Waals surface area contributed by atoms with Gasteiger partial charge in [0, 0.05) is 5.57 Å². The maximum absolute atomic E-state index is 11.6. The number of hydrogen-bond donors (Lipinski definition) is 1. The summed E-state index contributed by atoms with van der Waals surface area (Å²) in [6, 6.07) is 0. The lowest BCUT2D eigenvalue weighted by atomic mass is 10.4. The first-order valence-electron chi connectivity index (χ1n) is 7.63. The third-order valence-electron chi connectivity index (χ3n) is 2.88. The summed E-state index contributed by atoms with van der Waals surface area (Å²) in [7, 11) is -6.93. The number of aliphatic hydroxyl groups is 1. The minimum absolute atomic E-state index is 0.229. The van der Waals surface area contributed by atoms with E-state index in [1.807, 2.05) is 26.6 Å². The Morgan fingerprint density at radius 1 is 1.14 bits per heavy atom. The van der Waals surface area contributed by atoms with E-state index in [1.165, 1.54) is 0 Å². The van der Waals surface area contributed by atoms with Crippen LogP contribution in [0.15, 0.2) is 12.2 Å². The molecule has 5 nitrogen and oxygen atoms in total. The van der Waals surface area contributed by atoms with Gasteiger partial charge in [-0.05, 0) is 52.6 Å². The van der Waals surface area contributed by atoms with E-state index in [9.17, 15) is 9.90 Å². The Morgan fingerprint density at radius 2 is 1.64 bits per heavy atom. The van der Waals surface area contributed by atoms with Gasteiger partial charge in [-0.3, -0.25) is 0 Å². The summed E-state index contributed by atoms with van der Waals surface area (Å²) in [5, 5.41) is 10.4. The van der Waals surface area contributed by atoms with Crippen molar-refractivity contribution in [2.75, 3.05) is 6.23 Å². The second kappa shape index (κ2) is 8.02. The summed E-state index contributed by atoms with van der Waals surface area (Å²) in [4.78, 5) is 11.6. The number of ether oxygens (including phenoxy) is 1. The Hall–Kier alpha value is -0.259. The number of carbonyl (C=O) groups excluding carboxylic acids is 1. The molecular weight excluding hydrogens is 332 g/mol. The summed E-state index contributed by atoms with van der Waals surface area (Å²) >= 11 is 0. The summed E-state index contributed by atoms with van der Waals surface area (Å²) in [6.45, 7) is 19.2. The zero-order chi connectivity index (χ0) is 17.8. The molecule has 0 saturated heterocycles. The van der Waals surface area contributed by atoms with E-state index in [2.05, 4.69) is 26.2 Å². The van der Waals surface area contributed by atoms with Crippen molar-refractivity contribution >= 4 is 31.2 Å². The van der Waals surface area contributed by atoms with E-state index in [0.29, 0.717) is 12.0 Å². The molecule has 0 amide bonds. The normalized spacial score (nSPS) is 16.8. The lowest BCUT2D eigenvalue weighted by molar-refractivity contribution is -0.137. The van der Waals surface area contributed by atoms with Crippen LogP contribution in [0.5, 0.6) is 0 Å². The minimum atomic E-state index is -2.76. The molecule has 0 fully saturated rings. The van der Waals surface area contributed by atoms with Crippen LogP contribution in [0.1, 0.15) is 20.3 Å². The van der Waals surface area contributed by atoms with Gasteiger partial charge in [-0.1, -0.05) is 13.5 Å². The molecule has 0 spiro atoms. The van der Waals surface area contributed by atoms with Gasteiger partial charge in [-0.25, -0.2) is 4.79 Å². The molecule has 0 aliphatic heterocycles. The van der Waals surface area contributed by atoms with Crippen LogP contribution in [0, 0.1) is 0 Å². The molecule has 0 saturated carbocycles. The summed E-state index contributed by atoms with van der Waals surface area (Å²) in [5.74, 6) is -0.408. The van der Waals surface area contributed by atoms with Gasteiger partial charge >= 0.3 is 14.5 Å². The maximum Gasteiger partial charge on any atom is 0.344 e. The predicted molar refractivity (Wildman–Crippen MR) is 96.7 cm³/mol. The van der Waals surface area contributed by atoms with E-state index in [1.54, 1.807) is 6.92 Å². The van der Waals surface area contributed by atoms with Gasteiger partial charge in [-0.15, -0.1) is 0 Å². The monoisotopic (exact) mass is 364 g/mol. The zero-order valence-electron chi connectivity index (χ0n) is 15.3. The molecule has 2 unspecified atom stereocenters. The second-order valence-electron chi connectivity index (χ2n) is 7.37. The highest BCUT2D eigenvalue weighted by Gasteiger charge is 2.47. The fourth-order valence-electron chi connectivity index (χ4n) is 2.08. The van der Waals surface area contributed by atoms with Crippen LogP contribution < -0.4 is 0 Å². The number of carbonyl (C=O) groups is 1. The molecular formula is C14H32O5Si3. The molecule has 0 aliphatic carbocycles. The van der Waals surface area contributed by atoms with E-state index in [0.717, 1.165) is 0 Å². The molecule has 0 heterocycles. The highest BCUT2D eigenvalue weighted by Crippen LogP contribution is 2.25. The van der Waals surface area contributed by atoms with E-state index in [4.69, 9.17) is 13.0 Å². The number of aliphatic hydroxyl groups excluding tert-OH is 1. The Kier molecular flexibility index (Phi) is 7.93. The molecule has 130 valence electrons. The first kappa shape index (κ1) is 21.7. The molecule has 2 atom stereocenters. The van der Waals surface area contributed by atoms with Gasteiger partial charge < -0.3 is 18.1 Å². The third-order valence-corrected chi connectivity index (χ3v) is 13.2. The second-order valence-corrected chi connectivity index (χ2v) is 19.7. The fourth-order valence-corrected chi connectivity index (χ4v) is 14.4. The lowest BCUT2D eigenvalue weighted by Gasteiger charge is -2.41. The topological polar surface area (TPSA) is 65.0 Å². The highest BCUT2D eigenvalue weighted by molar-refractivity contribution is 6.88. The van der Waals surface area contributed by atoms with Gasteiger partial charge in [0.25, 0.3) is 0 Å². The van der Waals surface area contributed by atoms with Crippen LogP contribution >= 0.6 is 0 Å². The third kappa shape index (κ3) is 7.84. The predicted octanol–water partition coefficient (Wildman–Crippen LogP) is 3.10. The van der Waals surface area contributed by atoms with E-state index in [-0.39, 0.29) is 6.23 Å². The Morgan fingerprint density at radius 3 is 2.00 bits per heavy atom. The summed E-state index contributed by atoms with van der Waals surface area (Å²) in [6.07, 6.45) is 0.815. The van der Waals surface area contributed by atoms with Crippen molar-refractivity contribution in [3.63, 3.8) is 0 Å². The fraction of sp³-hybridized carbons (Fsp3) is 0.786. The molecule has 0 bridgehead atoms. The molecule has 22 heavy (non-hydrogen) atoms. The zero-order valence-corrected chi connectivity index (χ0v) is 18.3. The number of rotatable bonds is 9.